The highest BCUT2D eigenvalue weighted by molar-refractivity contribution is 5.79. The number of hydrogen-bond donors (Lipinski definition) is 2. The van der Waals surface area contributed by atoms with Crippen LogP contribution in [0.2, 0.25) is 0 Å². The second kappa shape index (κ2) is 5.63. The Morgan fingerprint density at radius 1 is 1.63 bits per heavy atom. The number of aromatic hydroxyl groups is 1. The summed E-state index contributed by atoms with van der Waals surface area (Å²) in [4.78, 5) is 11.1. The molecule has 0 radical (unpaired) electrons. The summed E-state index contributed by atoms with van der Waals surface area (Å²) < 4.78 is 31.6. The van der Waals surface area contributed by atoms with Crippen molar-refractivity contribution in [1.82, 2.24) is 0 Å². The average molecular weight is 270 g/mol. The number of phenolic OH excluding ortho intramolecular Hbond substituents is 1. The van der Waals surface area contributed by atoms with Gasteiger partial charge in [-0.15, -0.1) is 0 Å². The van der Waals surface area contributed by atoms with Crippen LogP contribution in [0.25, 0.3) is 0 Å². The first-order valence-corrected chi connectivity index (χ1v) is 5.38. The minimum atomic E-state index is -4.00. The van der Waals surface area contributed by atoms with Crippen LogP contribution in [-0.4, -0.2) is 23.6 Å². The van der Waals surface area contributed by atoms with E-state index in [1.807, 2.05) is 0 Å². The Hall–Kier alpha value is -2.20. The highest BCUT2D eigenvalue weighted by Crippen LogP contribution is 2.36. The Balaban J connectivity index is 3.17. The lowest BCUT2D eigenvalue weighted by molar-refractivity contribution is -0.174. The van der Waals surface area contributed by atoms with Gasteiger partial charge < -0.3 is 15.6 Å². The summed E-state index contributed by atoms with van der Waals surface area (Å²) >= 11 is 0. The molecule has 0 aliphatic heterocycles. The molecule has 0 aromatic heterocycles. The van der Waals surface area contributed by atoms with Gasteiger partial charge >= 0.3 is 11.9 Å². The first-order chi connectivity index (χ1) is 8.86. The maximum Gasteiger partial charge on any atom is 0.379 e. The lowest BCUT2D eigenvalue weighted by Crippen LogP contribution is -2.41. The molecule has 1 aromatic rings. The third-order valence-corrected chi connectivity index (χ3v) is 2.46. The number of phenols is 1. The summed E-state index contributed by atoms with van der Waals surface area (Å²) in [6.45, 7) is 1.17. The number of nitriles is 1. The fourth-order valence-electron chi connectivity index (χ4n) is 1.45. The van der Waals surface area contributed by atoms with Crippen LogP contribution in [0, 0.1) is 11.3 Å². The lowest BCUT2D eigenvalue weighted by Gasteiger charge is -2.22. The molecule has 3 N–H and O–H groups in total. The fraction of sp³-hybridized carbons (Fsp3) is 0.333. The van der Waals surface area contributed by atoms with Crippen LogP contribution in [0.1, 0.15) is 24.1 Å². The third kappa shape index (κ3) is 2.80. The molecule has 0 saturated heterocycles. The van der Waals surface area contributed by atoms with E-state index in [2.05, 4.69) is 4.74 Å². The van der Waals surface area contributed by atoms with Gasteiger partial charge in [0.15, 0.2) is 0 Å². The molecule has 0 heterocycles. The van der Waals surface area contributed by atoms with E-state index in [9.17, 15) is 18.7 Å². The number of carbonyl (C=O) groups is 1. The smallest absolute Gasteiger partial charge is 0.379 e. The Bertz CT molecular complexity index is 526. The van der Waals surface area contributed by atoms with Crippen molar-refractivity contribution in [2.24, 2.45) is 5.73 Å². The van der Waals surface area contributed by atoms with Gasteiger partial charge in [-0.3, -0.25) is 0 Å². The van der Waals surface area contributed by atoms with E-state index < -0.39 is 29.2 Å². The van der Waals surface area contributed by atoms with Crippen molar-refractivity contribution in [3.8, 4) is 11.8 Å². The van der Waals surface area contributed by atoms with Crippen LogP contribution in [0.5, 0.6) is 5.75 Å². The maximum atomic E-state index is 13.7. The minimum Gasteiger partial charge on any atom is -0.506 e. The molecule has 1 aromatic carbocycles. The molecule has 7 heteroatoms. The van der Waals surface area contributed by atoms with E-state index in [1.165, 1.54) is 19.1 Å². The summed E-state index contributed by atoms with van der Waals surface area (Å²) in [6, 6.07) is 3.18. The Morgan fingerprint density at radius 2 is 2.26 bits per heavy atom. The number of nitrogens with two attached hydrogens (primary N) is 1. The van der Waals surface area contributed by atoms with E-state index in [4.69, 9.17) is 11.0 Å². The molecule has 0 amide bonds. The van der Waals surface area contributed by atoms with Crippen molar-refractivity contribution in [3.63, 3.8) is 0 Å². The molecule has 5 nitrogen and oxygen atoms in total. The zero-order chi connectivity index (χ0) is 14.6. The zero-order valence-electron chi connectivity index (χ0n) is 10.1. The highest BCUT2D eigenvalue weighted by atomic mass is 19.3. The van der Waals surface area contributed by atoms with Crippen LogP contribution < -0.4 is 5.73 Å². The second-order valence-electron chi connectivity index (χ2n) is 3.68. The van der Waals surface area contributed by atoms with E-state index >= 15 is 0 Å². The van der Waals surface area contributed by atoms with Crippen molar-refractivity contribution in [1.29, 1.82) is 5.26 Å². The zero-order valence-corrected chi connectivity index (χ0v) is 10.1. The van der Waals surface area contributed by atoms with Crippen molar-refractivity contribution in [2.45, 2.75) is 18.9 Å². The number of halogens is 2. The van der Waals surface area contributed by atoms with Gasteiger partial charge in [-0.05, 0) is 13.0 Å². The number of para-hydroxylation sites is 1. The molecule has 102 valence electrons. The van der Waals surface area contributed by atoms with Gasteiger partial charge in [0.25, 0.3) is 0 Å². The number of benzene rings is 1. The van der Waals surface area contributed by atoms with Crippen molar-refractivity contribution in [2.75, 3.05) is 6.61 Å². The molecule has 1 atom stereocenters. The van der Waals surface area contributed by atoms with Gasteiger partial charge in [0.1, 0.15) is 17.9 Å². The van der Waals surface area contributed by atoms with Gasteiger partial charge in [-0.1, -0.05) is 12.1 Å². The van der Waals surface area contributed by atoms with E-state index in [0.717, 1.165) is 6.07 Å². The molecule has 0 aliphatic carbocycles. The van der Waals surface area contributed by atoms with Gasteiger partial charge in [-0.2, -0.15) is 14.0 Å². The normalized spacial score (nSPS) is 12.6. The number of esters is 1. The van der Waals surface area contributed by atoms with Gasteiger partial charge in [0.2, 0.25) is 0 Å². The van der Waals surface area contributed by atoms with Crippen LogP contribution in [0.15, 0.2) is 18.2 Å². The summed E-state index contributed by atoms with van der Waals surface area (Å²) in [5.41, 5.74) is 4.72. The molecule has 19 heavy (non-hydrogen) atoms. The van der Waals surface area contributed by atoms with Crippen molar-refractivity contribution >= 4 is 5.97 Å². The van der Waals surface area contributed by atoms with Crippen molar-refractivity contribution in [3.05, 3.63) is 29.3 Å². The fourth-order valence-corrected chi connectivity index (χ4v) is 1.45. The molecular formula is C12H12F2N2O3. The predicted octanol–water partition coefficient (Wildman–Crippen LogP) is 1.46. The molecule has 0 fully saturated rings. The lowest BCUT2D eigenvalue weighted by atomic mass is 9.98. The molecule has 1 rings (SSSR count). The van der Waals surface area contributed by atoms with E-state index in [-0.39, 0.29) is 12.2 Å². The van der Waals surface area contributed by atoms with Crippen LogP contribution in [-0.2, 0) is 9.53 Å². The summed E-state index contributed by atoms with van der Waals surface area (Å²) in [5.74, 6) is -6.44. The second-order valence-corrected chi connectivity index (χ2v) is 3.68. The van der Waals surface area contributed by atoms with Gasteiger partial charge in [0, 0.05) is 5.56 Å². The molecule has 0 unspecified atom stereocenters. The summed E-state index contributed by atoms with van der Waals surface area (Å²) in [5, 5.41) is 18.3. The Kier molecular flexibility index (Phi) is 4.40. The van der Waals surface area contributed by atoms with E-state index in [0.29, 0.717) is 0 Å². The standard InChI is InChI=1S/C12H12F2N2O3/c1-2-19-11(18)12(13,14)10(16)8-5-3-4-7(6-15)9(8)17/h3-5,10,17H,2,16H2,1H3/t10-/m1/s1. The molecule has 0 bridgehead atoms. The number of rotatable bonds is 4. The minimum absolute atomic E-state index is 0.201. The maximum absolute atomic E-state index is 13.7. The van der Waals surface area contributed by atoms with E-state index in [1.54, 1.807) is 6.07 Å². The van der Waals surface area contributed by atoms with Crippen LogP contribution in [0.3, 0.4) is 0 Å². The summed E-state index contributed by atoms with van der Waals surface area (Å²) in [6.07, 6.45) is 0. The van der Waals surface area contributed by atoms with Crippen LogP contribution in [0.4, 0.5) is 8.78 Å². The SMILES string of the molecule is CCOC(=O)C(F)(F)[C@H](N)c1cccc(C#N)c1O. The number of alkyl halides is 2. The molecule has 0 saturated carbocycles. The Morgan fingerprint density at radius 3 is 2.79 bits per heavy atom. The van der Waals surface area contributed by atoms with Crippen LogP contribution >= 0.6 is 0 Å². The number of ether oxygens (including phenoxy) is 1. The topological polar surface area (TPSA) is 96.3 Å². The molecular weight excluding hydrogens is 258 g/mol. The monoisotopic (exact) mass is 270 g/mol. The summed E-state index contributed by atoms with van der Waals surface area (Å²) in [7, 11) is 0. The first kappa shape index (κ1) is 14.9. The third-order valence-electron chi connectivity index (χ3n) is 2.46. The quantitative estimate of drug-likeness (QED) is 0.807. The largest absolute Gasteiger partial charge is 0.506 e. The van der Waals surface area contributed by atoms with Crippen molar-refractivity contribution < 1.29 is 23.4 Å². The number of carbonyl (C=O) groups excluding carboxylic acids is 1. The Labute approximate surface area is 108 Å². The van der Waals surface area contributed by atoms with Gasteiger partial charge in [0.05, 0.1) is 12.2 Å². The average Bonchev–Trinajstić information content (AvgIpc) is 2.38. The molecule has 0 spiro atoms. The van der Waals surface area contributed by atoms with Gasteiger partial charge in [-0.25, -0.2) is 4.79 Å². The molecule has 0 aliphatic rings. The first-order valence-electron chi connectivity index (χ1n) is 5.38. The number of hydrogen-bond acceptors (Lipinski definition) is 5. The number of nitrogens with zero attached hydrogens (tertiary/aromatic N) is 1. The predicted molar refractivity (Wildman–Crippen MR) is 61.3 cm³/mol. The highest BCUT2D eigenvalue weighted by Gasteiger charge is 2.48.